The van der Waals surface area contributed by atoms with Crippen LogP contribution in [0.2, 0.25) is 0 Å². The molecule has 114 valence electrons. The maximum atomic E-state index is 12.3. The predicted molar refractivity (Wildman–Crippen MR) is 75.0 cm³/mol. The van der Waals surface area contributed by atoms with E-state index in [1.165, 1.54) is 0 Å². The molecule has 1 aromatic rings. The molecule has 0 radical (unpaired) electrons. The van der Waals surface area contributed by atoms with Crippen LogP contribution in [0, 0.1) is 6.92 Å². The van der Waals surface area contributed by atoms with Crippen molar-refractivity contribution in [3.05, 3.63) is 17.6 Å². The maximum Gasteiger partial charge on any atom is 0.244 e. The van der Waals surface area contributed by atoms with E-state index < -0.39 is 10.0 Å². The number of sulfonamides is 1. The molecule has 0 spiro atoms. The molecule has 0 atom stereocenters. The van der Waals surface area contributed by atoms with Crippen LogP contribution in [0.25, 0.3) is 0 Å². The van der Waals surface area contributed by atoms with Crippen LogP contribution < -0.4 is 10.0 Å². The lowest BCUT2D eigenvalue weighted by Gasteiger charge is -2.34. The van der Waals surface area contributed by atoms with Crippen molar-refractivity contribution in [2.45, 2.75) is 50.3 Å². The zero-order valence-electron chi connectivity index (χ0n) is 12.1. The highest BCUT2D eigenvalue weighted by Gasteiger charge is 2.33. The molecule has 2 rings (SSSR count). The van der Waals surface area contributed by atoms with Gasteiger partial charge in [0.05, 0.1) is 12.6 Å². The van der Waals surface area contributed by atoms with Gasteiger partial charge in [-0.3, -0.25) is 0 Å². The van der Waals surface area contributed by atoms with Crippen LogP contribution in [-0.2, 0) is 21.3 Å². The zero-order valence-corrected chi connectivity index (χ0v) is 12.9. The van der Waals surface area contributed by atoms with E-state index in [-0.39, 0.29) is 17.0 Å². The Balaban J connectivity index is 2.03. The van der Waals surface area contributed by atoms with Crippen LogP contribution in [0.1, 0.15) is 31.3 Å². The van der Waals surface area contributed by atoms with E-state index in [4.69, 9.17) is 9.15 Å². The van der Waals surface area contributed by atoms with Crippen LogP contribution in [-0.4, -0.2) is 34.2 Å². The minimum atomic E-state index is -3.51. The Morgan fingerprint density at radius 2 is 2.15 bits per heavy atom. The summed E-state index contributed by atoms with van der Waals surface area (Å²) in [5, 5.41) is 3.11. The van der Waals surface area contributed by atoms with E-state index in [1.807, 2.05) is 6.92 Å². The quantitative estimate of drug-likeness (QED) is 0.790. The smallest absolute Gasteiger partial charge is 0.244 e. The summed E-state index contributed by atoms with van der Waals surface area (Å²) in [5.41, 5.74) is 0. The molecule has 2 N–H and O–H groups in total. The van der Waals surface area contributed by atoms with Crippen molar-refractivity contribution in [3.8, 4) is 0 Å². The molecule has 0 saturated heterocycles. The first kappa shape index (κ1) is 15.5. The third-order valence-electron chi connectivity index (χ3n) is 3.51. The number of hydrogen-bond acceptors (Lipinski definition) is 5. The molecule has 0 aromatic carbocycles. The van der Waals surface area contributed by atoms with Gasteiger partial charge >= 0.3 is 0 Å². The molecule has 0 aliphatic heterocycles. The Hall–Kier alpha value is -0.890. The van der Waals surface area contributed by atoms with Gasteiger partial charge in [0.1, 0.15) is 16.4 Å². The van der Waals surface area contributed by atoms with Crippen LogP contribution in [0.4, 0.5) is 0 Å². The summed E-state index contributed by atoms with van der Waals surface area (Å²) in [6.45, 7) is 4.99. The first-order chi connectivity index (χ1) is 9.46. The lowest BCUT2D eigenvalue weighted by atomic mass is 9.90. The molecular formula is C13H22N2O4S. The van der Waals surface area contributed by atoms with Crippen molar-refractivity contribution in [2.24, 2.45) is 0 Å². The maximum absolute atomic E-state index is 12.3. The van der Waals surface area contributed by atoms with Gasteiger partial charge in [0.25, 0.3) is 0 Å². The average Bonchev–Trinajstić information content (AvgIpc) is 2.73. The number of rotatable bonds is 7. The topological polar surface area (TPSA) is 80.6 Å². The Labute approximate surface area is 119 Å². The minimum Gasteiger partial charge on any atom is -0.464 e. The molecule has 1 heterocycles. The highest BCUT2D eigenvalue weighted by Crippen LogP contribution is 2.26. The lowest BCUT2D eigenvalue weighted by Crippen LogP contribution is -2.47. The number of hydrogen-bond donors (Lipinski definition) is 2. The molecule has 1 aliphatic rings. The number of aryl methyl sites for hydroxylation is 1. The minimum absolute atomic E-state index is 0.0449. The van der Waals surface area contributed by atoms with Crippen LogP contribution >= 0.6 is 0 Å². The SMILES string of the molecule is CCNCc1cc(S(=O)(=O)NC2CC(OC)C2)c(C)o1. The van der Waals surface area contributed by atoms with Crippen molar-refractivity contribution < 1.29 is 17.6 Å². The normalized spacial score (nSPS) is 22.8. The molecule has 1 fully saturated rings. The summed E-state index contributed by atoms with van der Waals surface area (Å²) >= 11 is 0. The standard InChI is InChI=1S/C13H22N2O4S/c1-4-14-8-12-7-13(9(2)19-12)20(16,17)15-10-5-11(6-10)18-3/h7,10-11,14-15H,4-6,8H2,1-3H3. The van der Waals surface area contributed by atoms with E-state index in [0.29, 0.717) is 18.1 Å². The van der Waals surface area contributed by atoms with Gasteiger partial charge < -0.3 is 14.5 Å². The fourth-order valence-electron chi connectivity index (χ4n) is 2.26. The lowest BCUT2D eigenvalue weighted by molar-refractivity contribution is 0.0236. The molecule has 0 unspecified atom stereocenters. The molecule has 1 aromatic heterocycles. The molecule has 0 bridgehead atoms. The molecule has 1 saturated carbocycles. The molecule has 20 heavy (non-hydrogen) atoms. The first-order valence-electron chi connectivity index (χ1n) is 6.81. The summed E-state index contributed by atoms with van der Waals surface area (Å²) in [7, 11) is -1.87. The van der Waals surface area contributed by atoms with Crippen molar-refractivity contribution in [1.29, 1.82) is 0 Å². The second-order valence-corrected chi connectivity index (χ2v) is 6.74. The third kappa shape index (κ3) is 3.41. The van der Waals surface area contributed by atoms with E-state index in [2.05, 4.69) is 10.0 Å². The Bertz CT molecular complexity index is 547. The first-order valence-corrected chi connectivity index (χ1v) is 8.29. The number of methoxy groups -OCH3 is 1. The van der Waals surface area contributed by atoms with Crippen LogP contribution in [0.5, 0.6) is 0 Å². The van der Waals surface area contributed by atoms with Gasteiger partial charge in [0.15, 0.2) is 0 Å². The van der Waals surface area contributed by atoms with Gasteiger partial charge in [-0.15, -0.1) is 0 Å². The second kappa shape index (κ2) is 6.26. The molecular weight excluding hydrogens is 280 g/mol. The fraction of sp³-hybridized carbons (Fsp3) is 0.692. The number of nitrogens with one attached hydrogen (secondary N) is 2. The molecule has 0 amide bonds. The van der Waals surface area contributed by atoms with Gasteiger partial charge in [-0.05, 0) is 26.3 Å². The van der Waals surface area contributed by atoms with Crippen molar-refractivity contribution in [1.82, 2.24) is 10.0 Å². The third-order valence-corrected chi connectivity index (χ3v) is 5.14. The van der Waals surface area contributed by atoms with Crippen LogP contribution in [0.3, 0.4) is 0 Å². The highest BCUT2D eigenvalue weighted by molar-refractivity contribution is 7.89. The van der Waals surface area contributed by atoms with E-state index in [1.54, 1.807) is 20.1 Å². The van der Waals surface area contributed by atoms with Gasteiger partial charge in [-0.1, -0.05) is 6.92 Å². The summed E-state index contributed by atoms with van der Waals surface area (Å²) < 4.78 is 37.9. The van der Waals surface area contributed by atoms with Crippen molar-refractivity contribution in [2.75, 3.05) is 13.7 Å². The van der Waals surface area contributed by atoms with E-state index in [0.717, 1.165) is 19.4 Å². The Morgan fingerprint density at radius 3 is 2.75 bits per heavy atom. The molecule has 1 aliphatic carbocycles. The summed E-state index contributed by atoms with van der Waals surface area (Å²) in [4.78, 5) is 0.228. The summed E-state index contributed by atoms with van der Waals surface area (Å²) in [5.74, 6) is 1.06. The second-order valence-electron chi connectivity index (χ2n) is 5.06. The predicted octanol–water partition coefficient (Wildman–Crippen LogP) is 1.15. The average molecular weight is 302 g/mol. The fourth-order valence-corrected chi connectivity index (χ4v) is 3.73. The van der Waals surface area contributed by atoms with Gasteiger partial charge in [-0.2, -0.15) is 0 Å². The van der Waals surface area contributed by atoms with Gasteiger partial charge in [0.2, 0.25) is 10.0 Å². The van der Waals surface area contributed by atoms with E-state index in [9.17, 15) is 8.42 Å². The molecule has 7 heteroatoms. The Kier molecular flexibility index (Phi) is 4.85. The number of ether oxygens (including phenoxy) is 1. The van der Waals surface area contributed by atoms with Crippen molar-refractivity contribution in [3.63, 3.8) is 0 Å². The number of furan rings is 1. The zero-order chi connectivity index (χ0) is 14.8. The van der Waals surface area contributed by atoms with Gasteiger partial charge in [-0.25, -0.2) is 13.1 Å². The Morgan fingerprint density at radius 1 is 1.45 bits per heavy atom. The summed E-state index contributed by atoms with van der Waals surface area (Å²) in [6, 6.07) is 1.55. The van der Waals surface area contributed by atoms with E-state index >= 15 is 0 Å². The summed E-state index contributed by atoms with van der Waals surface area (Å²) in [6.07, 6.45) is 1.60. The van der Waals surface area contributed by atoms with Gasteiger partial charge in [0, 0.05) is 19.2 Å². The molecule has 6 nitrogen and oxygen atoms in total. The highest BCUT2D eigenvalue weighted by atomic mass is 32.2. The largest absolute Gasteiger partial charge is 0.464 e. The van der Waals surface area contributed by atoms with Crippen LogP contribution in [0.15, 0.2) is 15.4 Å². The monoisotopic (exact) mass is 302 g/mol. The van der Waals surface area contributed by atoms with Crippen molar-refractivity contribution >= 4 is 10.0 Å².